The number of nitrogens with zero attached hydrogens (tertiary/aromatic N) is 5. The van der Waals surface area contributed by atoms with Crippen LogP contribution in [0, 0.1) is 0 Å². The second-order valence-corrected chi connectivity index (χ2v) is 8.10. The zero-order valence-electron chi connectivity index (χ0n) is 16.7. The van der Waals surface area contributed by atoms with Gasteiger partial charge in [-0.15, -0.1) is 10.2 Å². The standard InChI is InChI=1S/C20H23Cl2N7S/c1-3-28(4-2)16-8-5-14(6-9-16)12-24-25-19-26-27-20(29(19)23)30-13-15-7-10-17(21)18(22)11-15/h5-12H,3-4,13,23H2,1-2H3,(H,25,26)/b24-12+. The molecule has 0 saturated heterocycles. The minimum Gasteiger partial charge on any atom is -0.372 e. The number of thioether (sulfide) groups is 1. The molecule has 30 heavy (non-hydrogen) atoms. The van der Waals surface area contributed by atoms with Gasteiger partial charge >= 0.3 is 0 Å². The summed E-state index contributed by atoms with van der Waals surface area (Å²) in [5.74, 6) is 7.05. The summed E-state index contributed by atoms with van der Waals surface area (Å²) in [6.07, 6.45) is 1.71. The van der Waals surface area contributed by atoms with Gasteiger partial charge in [-0.2, -0.15) is 5.10 Å². The molecule has 0 unspecified atom stereocenters. The van der Waals surface area contributed by atoms with Gasteiger partial charge in [-0.1, -0.05) is 53.2 Å². The molecule has 0 bridgehead atoms. The fraction of sp³-hybridized carbons (Fsp3) is 0.250. The number of nitrogens with one attached hydrogen (secondary N) is 1. The van der Waals surface area contributed by atoms with Crippen LogP contribution in [0.4, 0.5) is 11.6 Å². The summed E-state index contributed by atoms with van der Waals surface area (Å²) >= 11 is 13.4. The normalized spacial score (nSPS) is 11.2. The molecule has 0 aliphatic carbocycles. The number of benzene rings is 2. The summed E-state index contributed by atoms with van der Waals surface area (Å²) in [5.41, 5.74) is 6.00. The topological polar surface area (TPSA) is 84.4 Å². The molecule has 0 aliphatic rings. The van der Waals surface area contributed by atoms with Crippen molar-refractivity contribution in [1.29, 1.82) is 0 Å². The molecular weight excluding hydrogens is 441 g/mol. The molecule has 0 amide bonds. The van der Waals surface area contributed by atoms with Crippen molar-refractivity contribution in [2.75, 3.05) is 29.3 Å². The van der Waals surface area contributed by atoms with Gasteiger partial charge in [-0.05, 0) is 49.2 Å². The van der Waals surface area contributed by atoms with E-state index >= 15 is 0 Å². The fourth-order valence-corrected chi connectivity index (χ4v) is 3.87. The van der Waals surface area contributed by atoms with Gasteiger partial charge in [0.15, 0.2) is 0 Å². The lowest BCUT2D eigenvalue weighted by Crippen LogP contribution is -2.21. The third kappa shape index (κ3) is 5.59. The number of hydrogen-bond acceptors (Lipinski definition) is 7. The molecule has 1 heterocycles. The first kappa shape index (κ1) is 22.3. The number of halogens is 2. The average Bonchev–Trinajstić information content (AvgIpc) is 3.10. The highest BCUT2D eigenvalue weighted by molar-refractivity contribution is 7.98. The maximum absolute atomic E-state index is 6.07. The lowest BCUT2D eigenvalue weighted by molar-refractivity contribution is 0.847. The van der Waals surface area contributed by atoms with E-state index in [1.54, 1.807) is 12.3 Å². The van der Waals surface area contributed by atoms with Gasteiger partial charge in [0.25, 0.3) is 5.95 Å². The van der Waals surface area contributed by atoms with E-state index in [-0.39, 0.29) is 0 Å². The molecule has 10 heteroatoms. The second kappa shape index (κ2) is 10.6. The van der Waals surface area contributed by atoms with Gasteiger partial charge in [-0.25, -0.2) is 10.1 Å². The third-order valence-corrected chi connectivity index (χ3v) is 6.17. The summed E-state index contributed by atoms with van der Waals surface area (Å²) in [7, 11) is 0. The quantitative estimate of drug-likeness (QED) is 0.203. The van der Waals surface area contributed by atoms with Gasteiger partial charge in [0.1, 0.15) is 0 Å². The van der Waals surface area contributed by atoms with E-state index in [2.05, 4.69) is 51.6 Å². The molecule has 0 fully saturated rings. The molecule has 158 valence electrons. The summed E-state index contributed by atoms with van der Waals surface area (Å²) < 4.78 is 1.36. The monoisotopic (exact) mass is 463 g/mol. The predicted octanol–water partition coefficient (Wildman–Crippen LogP) is 4.88. The number of anilines is 2. The van der Waals surface area contributed by atoms with E-state index < -0.39 is 0 Å². The third-order valence-electron chi connectivity index (χ3n) is 4.42. The fourth-order valence-electron chi connectivity index (χ4n) is 2.75. The Morgan fingerprint density at radius 3 is 2.50 bits per heavy atom. The maximum atomic E-state index is 6.07. The van der Waals surface area contributed by atoms with Crippen molar-refractivity contribution in [3.63, 3.8) is 0 Å². The van der Waals surface area contributed by atoms with E-state index in [0.717, 1.165) is 24.2 Å². The average molecular weight is 464 g/mol. The number of hydrogen-bond donors (Lipinski definition) is 2. The van der Waals surface area contributed by atoms with Crippen LogP contribution >= 0.6 is 35.0 Å². The highest BCUT2D eigenvalue weighted by atomic mass is 35.5. The van der Waals surface area contributed by atoms with Gasteiger partial charge in [-0.3, -0.25) is 0 Å². The molecule has 2 aromatic carbocycles. The van der Waals surface area contributed by atoms with Crippen molar-refractivity contribution >= 4 is 52.8 Å². The summed E-state index contributed by atoms with van der Waals surface area (Å²) in [6, 6.07) is 13.7. The summed E-state index contributed by atoms with van der Waals surface area (Å²) in [4.78, 5) is 2.28. The first-order valence-electron chi connectivity index (χ1n) is 9.43. The zero-order valence-corrected chi connectivity index (χ0v) is 19.0. The van der Waals surface area contributed by atoms with Crippen LogP contribution < -0.4 is 16.2 Å². The van der Waals surface area contributed by atoms with Crippen molar-refractivity contribution in [1.82, 2.24) is 14.9 Å². The van der Waals surface area contributed by atoms with Crippen LogP contribution in [0.2, 0.25) is 10.0 Å². The molecule has 1 aromatic heterocycles. The second-order valence-electron chi connectivity index (χ2n) is 6.35. The Balaban J connectivity index is 1.57. The van der Waals surface area contributed by atoms with Crippen LogP contribution in [-0.4, -0.2) is 34.2 Å². The van der Waals surface area contributed by atoms with E-state index in [1.807, 2.05) is 24.3 Å². The molecule has 0 radical (unpaired) electrons. The Hall–Kier alpha value is -2.42. The number of nitrogen functional groups attached to an aromatic ring is 1. The molecule has 0 spiro atoms. The lowest BCUT2D eigenvalue weighted by Gasteiger charge is -2.20. The van der Waals surface area contributed by atoms with Crippen molar-refractivity contribution in [3.8, 4) is 0 Å². The highest BCUT2D eigenvalue weighted by Gasteiger charge is 2.10. The van der Waals surface area contributed by atoms with Crippen LogP contribution in [0.1, 0.15) is 25.0 Å². The SMILES string of the molecule is CCN(CC)c1ccc(/C=N/Nc2nnc(SCc3ccc(Cl)c(Cl)c3)n2N)cc1. The van der Waals surface area contributed by atoms with E-state index in [4.69, 9.17) is 29.0 Å². The Kier molecular flexibility index (Phi) is 7.84. The Bertz CT molecular complexity index is 1000. The summed E-state index contributed by atoms with van der Waals surface area (Å²) in [6.45, 7) is 6.23. The number of aromatic nitrogens is 3. The number of rotatable bonds is 9. The zero-order chi connectivity index (χ0) is 21.5. The predicted molar refractivity (Wildman–Crippen MR) is 127 cm³/mol. The van der Waals surface area contributed by atoms with Gasteiger partial charge in [0, 0.05) is 24.5 Å². The van der Waals surface area contributed by atoms with Crippen molar-refractivity contribution in [2.24, 2.45) is 5.10 Å². The Morgan fingerprint density at radius 1 is 1.10 bits per heavy atom. The van der Waals surface area contributed by atoms with Crippen molar-refractivity contribution in [3.05, 3.63) is 63.6 Å². The van der Waals surface area contributed by atoms with Crippen LogP contribution in [0.25, 0.3) is 0 Å². The molecule has 0 aliphatic heterocycles. The van der Waals surface area contributed by atoms with E-state index in [9.17, 15) is 0 Å². The Labute approximate surface area is 190 Å². The van der Waals surface area contributed by atoms with Crippen LogP contribution in [0.15, 0.2) is 52.7 Å². The van der Waals surface area contributed by atoms with Crippen molar-refractivity contribution in [2.45, 2.75) is 24.8 Å². The minimum atomic E-state index is 0.350. The first-order valence-corrected chi connectivity index (χ1v) is 11.2. The van der Waals surface area contributed by atoms with Crippen LogP contribution in [0.5, 0.6) is 0 Å². The highest BCUT2D eigenvalue weighted by Crippen LogP contribution is 2.27. The smallest absolute Gasteiger partial charge is 0.264 e. The Morgan fingerprint density at radius 2 is 1.83 bits per heavy atom. The van der Waals surface area contributed by atoms with Gasteiger partial charge < -0.3 is 10.7 Å². The van der Waals surface area contributed by atoms with Crippen LogP contribution in [0.3, 0.4) is 0 Å². The summed E-state index contributed by atoms with van der Waals surface area (Å²) in [5, 5.41) is 13.9. The first-order chi connectivity index (χ1) is 14.5. The molecular formula is C20H23Cl2N7S. The van der Waals surface area contributed by atoms with Gasteiger partial charge in [0.05, 0.1) is 16.3 Å². The van der Waals surface area contributed by atoms with Gasteiger partial charge in [0.2, 0.25) is 5.16 Å². The minimum absolute atomic E-state index is 0.350. The lowest BCUT2D eigenvalue weighted by atomic mass is 10.2. The molecule has 3 N–H and O–H groups in total. The maximum Gasteiger partial charge on any atom is 0.264 e. The van der Waals surface area contributed by atoms with E-state index in [1.165, 1.54) is 22.1 Å². The van der Waals surface area contributed by atoms with Crippen molar-refractivity contribution < 1.29 is 0 Å². The molecule has 3 aromatic rings. The number of nitrogens with two attached hydrogens (primary N) is 1. The number of hydrazone groups is 1. The molecule has 0 atom stereocenters. The molecule has 0 saturated carbocycles. The van der Waals surface area contributed by atoms with E-state index in [0.29, 0.717) is 26.9 Å². The largest absolute Gasteiger partial charge is 0.372 e. The molecule has 7 nitrogen and oxygen atoms in total. The van der Waals surface area contributed by atoms with Crippen LogP contribution in [-0.2, 0) is 5.75 Å². The molecule has 3 rings (SSSR count).